The van der Waals surface area contributed by atoms with Crippen LogP contribution in [0.1, 0.15) is 34.3 Å². The van der Waals surface area contributed by atoms with Crippen molar-refractivity contribution in [2.45, 2.75) is 19.8 Å². The van der Waals surface area contributed by atoms with Gasteiger partial charge in [0, 0.05) is 35.2 Å². The molecule has 0 aliphatic carbocycles. The summed E-state index contributed by atoms with van der Waals surface area (Å²) in [7, 11) is 0. The van der Waals surface area contributed by atoms with Crippen LogP contribution in [0.25, 0.3) is 0 Å². The van der Waals surface area contributed by atoms with Crippen molar-refractivity contribution in [3.8, 4) is 0 Å². The first-order chi connectivity index (χ1) is 13.5. The Hall–Kier alpha value is -2.37. The van der Waals surface area contributed by atoms with Gasteiger partial charge in [0.1, 0.15) is 0 Å². The molecule has 0 atom stereocenters. The van der Waals surface area contributed by atoms with Crippen LogP contribution in [0.15, 0.2) is 47.6 Å². The van der Waals surface area contributed by atoms with Crippen LogP contribution in [0.4, 0.5) is 0 Å². The van der Waals surface area contributed by atoms with E-state index < -0.39 is 0 Å². The van der Waals surface area contributed by atoms with E-state index in [9.17, 15) is 9.59 Å². The first-order valence-electron chi connectivity index (χ1n) is 9.08. The second kappa shape index (κ2) is 9.22. The van der Waals surface area contributed by atoms with Crippen molar-refractivity contribution in [1.82, 2.24) is 10.3 Å². The molecule has 1 N–H and O–H groups in total. The Morgan fingerprint density at radius 2 is 1.86 bits per heavy atom. The van der Waals surface area contributed by atoms with Gasteiger partial charge >= 0.3 is 0 Å². The van der Waals surface area contributed by atoms with E-state index >= 15 is 0 Å². The molecule has 0 aromatic heterocycles. The molecule has 1 aliphatic rings. The van der Waals surface area contributed by atoms with Gasteiger partial charge in [0.2, 0.25) is 5.91 Å². The second-order valence-electron chi connectivity index (χ2n) is 6.78. The van der Waals surface area contributed by atoms with Gasteiger partial charge in [-0.05, 0) is 43.5 Å². The van der Waals surface area contributed by atoms with Crippen LogP contribution in [0.2, 0.25) is 10.0 Å². The number of nitrogens with zero attached hydrogens (tertiary/aromatic N) is 2. The van der Waals surface area contributed by atoms with Crippen molar-refractivity contribution < 1.29 is 9.59 Å². The maximum Gasteiger partial charge on any atom is 0.254 e. The predicted molar refractivity (Wildman–Crippen MR) is 112 cm³/mol. The molecule has 1 aliphatic heterocycles. The minimum Gasteiger partial charge on any atom is -0.339 e. The molecule has 146 valence electrons. The summed E-state index contributed by atoms with van der Waals surface area (Å²) in [4.78, 5) is 26.8. The van der Waals surface area contributed by atoms with Crippen LogP contribution in [0, 0.1) is 12.8 Å². The topological polar surface area (TPSA) is 61.8 Å². The summed E-state index contributed by atoms with van der Waals surface area (Å²) in [6, 6.07) is 12.6. The van der Waals surface area contributed by atoms with Crippen LogP contribution in [-0.4, -0.2) is 36.0 Å². The van der Waals surface area contributed by atoms with Gasteiger partial charge in [0.15, 0.2) is 0 Å². The van der Waals surface area contributed by atoms with Crippen LogP contribution in [0.3, 0.4) is 0 Å². The molecule has 0 radical (unpaired) electrons. The number of piperidine rings is 1. The van der Waals surface area contributed by atoms with E-state index in [2.05, 4.69) is 10.5 Å². The summed E-state index contributed by atoms with van der Waals surface area (Å²) in [5.41, 5.74) is 4.91. The number of amides is 2. The number of hydrazone groups is 1. The molecule has 1 fully saturated rings. The van der Waals surface area contributed by atoms with Gasteiger partial charge in [0.05, 0.1) is 11.2 Å². The summed E-state index contributed by atoms with van der Waals surface area (Å²) in [6.45, 7) is 3.04. The van der Waals surface area contributed by atoms with Crippen LogP contribution >= 0.6 is 23.2 Å². The van der Waals surface area contributed by atoms with Crippen LogP contribution < -0.4 is 5.43 Å². The number of aryl methyl sites for hydroxylation is 1. The first kappa shape index (κ1) is 20.4. The fourth-order valence-electron chi connectivity index (χ4n) is 3.19. The van der Waals surface area contributed by atoms with Gasteiger partial charge in [-0.15, -0.1) is 0 Å². The van der Waals surface area contributed by atoms with Gasteiger partial charge in [0.25, 0.3) is 5.91 Å². The van der Waals surface area contributed by atoms with Crippen molar-refractivity contribution in [1.29, 1.82) is 0 Å². The van der Waals surface area contributed by atoms with E-state index in [1.54, 1.807) is 18.2 Å². The summed E-state index contributed by atoms with van der Waals surface area (Å²) in [6.07, 6.45) is 2.72. The molecule has 1 heterocycles. The van der Waals surface area contributed by atoms with E-state index in [0.29, 0.717) is 41.5 Å². The Morgan fingerprint density at radius 3 is 2.54 bits per heavy atom. The van der Waals surface area contributed by atoms with E-state index in [1.807, 2.05) is 36.1 Å². The highest BCUT2D eigenvalue weighted by atomic mass is 35.5. The number of carbonyl (C=O) groups is 2. The van der Waals surface area contributed by atoms with Gasteiger partial charge in [-0.1, -0.05) is 47.5 Å². The average molecular weight is 418 g/mol. The van der Waals surface area contributed by atoms with Crippen LogP contribution in [0.5, 0.6) is 0 Å². The molecule has 2 aromatic rings. The summed E-state index contributed by atoms with van der Waals surface area (Å²) >= 11 is 11.9. The zero-order chi connectivity index (χ0) is 20.1. The fraction of sp³-hybridized carbons (Fsp3) is 0.286. The quantitative estimate of drug-likeness (QED) is 0.595. The van der Waals surface area contributed by atoms with E-state index in [4.69, 9.17) is 23.2 Å². The largest absolute Gasteiger partial charge is 0.339 e. The molecule has 0 bridgehead atoms. The number of carbonyl (C=O) groups excluding carboxylic acids is 2. The van der Waals surface area contributed by atoms with E-state index in [-0.39, 0.29) is 17.7 Å². The summed E-state index contributed by atoms with van der Waals surface area (Å²) in [5.74, 6) is -0.296. The Kier molecular flexibility index (Phi) is 6.70. The number of hydrogen-bond acceptors (Lipinski definition) is 3. The molecule has 0 saturated carbocycles. The van der Waals surface area contributed by atoms with Crippen molar-refractivity contribution in [3.05, 3.63) is 69.2 Å². The molecule has 5 nitrogen and oxygen atoms in total. The Balaban J connectivity index is 1.52. The number of likely N-dealkylation sites (tertiary alicyclic amines) is 1. The lowest BCUT2D eigenvalue weighted by atomic mass is 9.95. The molecule has 1 saturated heterocycles. The predicted octanol–water partition coefficient (Wildman–Crippen LogP) is 4.30. The minimum atomic E-state index is -0.168. The number of hydrogen-bond donors (Lipinski definition) is 1. The van der Waals surface area contributed by atoms with Gasteiger partial charge in [-0.2, -0.15) is 5.10 Å². The molecule has 2 aromatic carbocycles. The first-order valence-corrected chi connectivity index (χ1v) is 9.84. The zero-order valence-electron chi connectivity index (χ0n) is 15.5. The van der Waals surface area contributed by atoms with E-state index in [0.717, 1.165) is 11.1 Å². The number of rotatable bonds is 4. The highest BCUT2D eigenvalue weighted by Crippen LogP contribution is 2.21. The van der Waals surface area contributed by atoms with E-state index in [1.165, 1.54) is 6.21 Å². The third kappa shape index (κ3) is 4.91. The van der Waals surface area contributed by atoms with Crippen molar-refractivity contribution in [3.63, 3.8) is 0 Å². The zero-order valence-corrected chi connectivity index (χ0v) is 17.0. The fourth-order valence-corrected chi connectivity index (χ4v) is 3.65. The Morgan fingerprint density at radius 1 is 1.14 bits per heavy atom. The third-order valence-electron chi connectivity index (χ3n) is 4.87. The standard InChI is InChI=1S/C21H21Cl2N3O2/c1-14-4-2-3-5-18(14)21(28)26-10-8-15(9-11-26)20(27)25-24-13-16-6-7-17(22)12-19(16)23/h2-7,12-13,15H,8-11H2,1H3,(H,25,27)/b24-13-. The monoisotopic (exact) mass is 417 g/mol. The Bertz CT molecular complexity index is 906. The summed E-state index contributed by atoms with van der Waals surface area (Å²) in [5, 5.41) is 4.99. The molecular weight excluding hydrogens is 397 g/mol. The number of halogens is 2. The van der Waals surface area contributed by atoms with Crippen molar-refractivity contribution in [2.75, 3.05) is 13.1 Å². The van der Waals surface area contributed by atoms with Crippen molar-refractivity contribution >= 4 is 41.2 Å². The normalized spacial score (nSPS) is 15.0. The number of nitrogens with one attached hydrogen (secondary N) is 1. The number of benzene rings is 2. The third-order valence-corrected chi connectivity index (χ3v) is 5.43. The maximum absolute atomic E-state index is 12.7. The second-order valence-corrected chi connectivity index (χ2v) is 7.63. The van der Waals surface area contributed by atoms with Gasteiger partial charge in [-0.3, -0.25) is 9.59 Å². The van der Waals surface area contributed by atoms with Gasteiger partial charge < -0.3 is 4.90 Å². The molecule has 0 spiro atoms. The minimum absolute atomic E-state index is 0.0207. The summed E-state index contributed by atoms with van der Waals surface area (Å²) < 4.78 is 0. The molecular formula is C21H21Cl2N3O2. The Labute approximate surface area is 174 Å². The molecule has 28 heavy (non-hydrogen) atoms. The molecule has 7 heteroatoms. The SMILES string of the molecule is Cc1ccccc1C(=O)N1CCC(C(=O)N/N=C\c2ccc(Cl)cc2Cl)CC1. The molecule has 2 amide bonds. The van der Waals surface area contributed by atoms with Crippen molar-refractivity contribution in [2.24, 2.45) is 11.0 Å². The molecule has 0 unspecified atom stereocenters. The lowest BCUT2D eigenvalue weighted by Gasteiger charge is -2.31. The molecule has 3 rings (SSSR count). The lowest BCUT2D eigenvalue weighted by Crippen LogP contribution is -2.42. The maximum atomic E-state index is 12.7. The van der Waals surface area contributed by atoms with Crippen LogP contribution in [-0.2, 0) is 4.79 Å². The lowest BCUT2D eigenvalue weighted by molar-refractivity contribution is -0.126. The van der Waals surface area contributed by atoms with Gasteiger partial charge in [-0.25, -0.2) is 5.43 Å². The smallest absolute Gasteiger partial charge is 0.254 e. The average Bonchev–Trinajstić information content (AvgIpc) is 2.69. The highest BCUT2D eigenvalue weighted by molar-refractivity contribution is 6.36. The highest BCUT2D eigenvalue weighted by Gasteiger charge is 2.28.